The first-order valence-corrected chi connectivity index (χ1v) is 7.10. The van der Waals surface area contributed by atoms with Gasteiger partial charge in [0.05, 0.1) is 13.2 Å². The molecular weight excluding hydrogens is 240 g/mol. The molecule has 19 heavy (non-hydrogen) atoms. The van der Waals surface area contributed by atoms with Crippen molar-refractivity contribution in [2.24, 2.45) is 0 Å². The van der Waals surface area contributed by atoms with Gasteiger partial charge in [-0.3, -0.25) is 0 Å². The fraction of sp³-hybridized carbons (Fsp3) is 0.600. The molecule has 2 aliphatic rings. The molecule has 2 heterocycles. The second-order valence-electron chi connectivity index (χ2n) is 5.44. The van der Waals surface area contributed by atoms with Crippen LogP contribution in [0.15, 0.2) is 24.3 Å². The van der Waals surface area contributed by atoms with Crippen molar-refractivity contribution >= 4 is 5.69 Å². The Morgan fingerprint density at radius 3 is 2.58 bits per heavy atom. The molecule has 2 aliphatic heterocycles. The molecular formula is C15H22N2O2. The van der Waals surface area contributed by atoms with Gasteiger partial charge in [-0.15, -0.1) is 0 Å². The smallest absolute Gasteiger partial charge is 0.170 e. The van der Waals surface area contributed by atoms with Gasteiger partial charge in [0.25, 0.3) is 0 Å². The number of likely N-dealkylation sites (tertiary alicyclic amines) is 1. The summed E-state index contributed by atoms with van der Waals surface area (Å²) >= 11 is 0. The molecule has 4 nitrogen and oxygen atoms in total. The van der Waals surface area contributed by atoms with Gasteiger partial charge in [0.1, 0.15) is 0 Å². The van der Waals surface area contributed by atoms with E-state index in [9.17, 15) is 0 Å². The molecule has 0 bridgehead atoms. The van der Waals surface area contributed by atoms with Crippen LogP contribution in [-0.4, -0.2) is 43.5 Å². The summed E-state index contributed by atoms with van der Waals surface area (Å²) in [7, 11) is 0. The Labute approximate surface area is 114 Å². The van der Waals surface area contributed by atoms with Crippen LogP contribution in [0, 0.1) is 0 Å². The lowest BCUT2D eigenvalue weighted by atomic mass is 10.0. The molecule has 0 unspecified atom stereocenters. The van der Waals surface area contributed by atoms with Crippen LogP contribution in [-0.2, 0) is 15.9 Å². The van der Waals surface area contributed by atoms with Gasteiger partial charge in [0.2, 0.25) is 0 Å². The van der Waals surface area contributed by atoms with E-state index in [4.69, 9.17) is 15.2 Å². The zero-order valence-electron chi connectivity index (χ0n) is 11.3. The van der Waals surface area contributed by atoms with E-state index in [-0.39, 0.29) is 5.79 Å². The summed E-state index contributed by atoms with van der Waals surface area (Å²) in [6, 6.07) is 8.17. The molecule has 0 saturated carbocycles. The van der Waals surface area contributed by atoms with Gasteiger partial charge in [0.15, 0.2) is 5.79 Å². The first-order chi connectivity index (χ1) is 9.26. The molecule has 0 aromatic heterocycles. The van der Waals surface area contributed by atoms with Crippen LogP contribution < -0.4 is 5.73 Å². The number of hydrogen-bond donors (Lipinski definition) is 1. The molecule has 0 radical (unpaired) electrons. The highest BCUT2D eigenvalue weighted by atomic mass is 16.7. The minimum Gasteiger partial charge on any atom is -0.399 e. The summed E-state index contributed by atoms with van der Waals surface area (Å²) in [5, 5.41) is 0. The molecule has 4 heteroatoms. The topological polar surface area (TPSA) is 47.7 Å². The molecule has 104 valence electrons. The van der Waals surface area contributed by atoms with Crippen LogP contribution in [0.3, 0.4) is 0 Å². The zero-order valence-corrected chi connectivity index (χ0v) is 11.3. The Bertz CT molecular complexity index is 420. The number of hydrogen-bond acceptors (Lipinski definition) is 4. The van der Waals surface area contributed by atoms with Gasteiger partial charge in [-0.25, -0.2) is 0 Å². The zero-order chi connectivity index (χ0) is 13.1. The Morgan fingerprint density at radius 1 is 1.16 bits per heavy atom. The monoisotopic (exact) mass is 262 g/mol. The van der Waals surface area contributed by atoms with E-state index < -0.39 is 0 Å². The molecule has 1 aromatic rings. The van der Waals surface area contributed by atoms with Crippen molar-refractivity contribution in [1.82, 2.24) is 4.90 Å². The number of benzene rings is 1. The fourth-order valence-corrected chi connectivity index (χ4v) is 2.94. The van der Waals surface area contributed by atoms with E-state index in [1.807, 2.05) is 12.1 Å². The molecule has 2 fully saturated rings. The fourth-order valence-electron chi connectivity index (χ4n) is 2.94. The van der Waals surface area contributed by atoms with Gasteiger partial charge < -0.3 is 20.1 Å². The second-order valence-corrected chi connectivity index (χ2v) is 5.44. The minimum atomic E-state index is -0.256. The third kappa shape index (κ3) is 3.08. The highest BCUT2D eigenvalue weighted by Crippen LogP contribution is 2.31. The average molecular weight is 262 g/mol. The SMILES string of the molecule is Nc1cccc(CCN2CCC3(CC2)OCCO3)c1. The maximum absolute atomic E-state index is 5.80. The maximum Gasteiger partial charge on any atom is 0.170 e. The van der Waals surface area contributed by atoms with Crippen LogP contribution in [0.5, 0.6) is 0 Å². The second kappa shape index (κ2) is 5.49. The van der Waals surface area contributed by atoms with Crippen LogP contribution in [0.2, 0.25) is 0 Å². The summed E-state index contributed by atoms with van der Waals surface area (Å²) in [4.78, 5) is 2.49. The summed E-state index contributed by atoms with van der Waals surface area (Å²) in [5.41, 5.74) is 7.96. The predicted molar refractivity (Wildman–Crippen MR) is 74.9 cm³/mol. The molecule has 1 spiro atoms. The summed E-state index contributed by atoms with van der Waals surface area (Å²) < 4.78 is 11.5. The quantitative estimate of drug-likeness (QED) is 0.841. The van der Waals surface area contributed by atoms with E-state index >= 15 is 0 Å². The van der Waals surface area contributed by atoms with Crippen molar-refractivity contribution in [2.75, 3.05) is 38.6 Å². The van der Waals surface area contributed by atoms with Crippen LogP contribution in [0.25, 0.3) is 0 Å². The Kier molecular flexibility index (Phi) is 3.73. The van der Waals surface area contributed by atoms with E-state index in [1.54, 1.807) is 0 Å². The molecule has 2 saturated heterocycles. The molecule has 2 N–H and O–H groups in total. The number of anilines is 1. The van der Waals surface area contributed by atoms with Crippen LogP contribution in [0.1, 0.15) is 18.4 Å². The first kappa shape index (κ1) is 12.9. The van der Waals surface area contributed by atoms with Crippen molar-refractivity contribution in [3.8, 4) is 0 Å². The highest BCUT2D eigenvalue weighted by Gasteiger charge is 2.39. The Hall–Kier alpha value is -1.10. The van der Waals surface area contributed by atoms with Crippen LogP contribution in [0.4, 0.5) is 5.69 Å². The van der Waals surface area contributed by atoms with E-state index in [0.29, 0.717) is 0 Å². The third-order valence-corrected chi connectivity index (χ3v) is 4.10. The number of nitrogens with zero attached hydrogens (tertiary/aromatic N) is 1. The lowest BCUT2D eigenvalue weighted by Gasteiger charge is -2.37. The first-order valence-electron chi connectivity index (χ1n) is 7.10. The van der Waals surface area contributed by atoms with Gasteiger partial charge in [-0.05, 0) is 24.1 Å². The summed E-state index contributed by atoms with van der Waals surface area (Å²) in [5.74, 6) is -0.256. The van der Waals surface area contributed by atoms with E-state index in [2.05, 4.69) is 17.0 Å². The molecule has 1 aromatic carbocycles. The number of nitrogen functional groups attached to an aromatic ring is 1. The number of ether oxygens (including phenoxy) is 2. The lowest BCUT2D eigenvalue weighted by Crippen LogP contribution is -2.45. The summed E-state index contributed by atoms with van der Waals surface area (Å²) in [6.45, 7) is 4.71. The van der Waals surface area contributed by atoms with E-state index in [0.717, 1.165) is 57.8 Å². The Balaban J connectivity index is 1.47. The van der Waals surface area contributed by atoms with Crippen molar-refractivity contribution in [3.63, 3.8) is 0 Å². The molecule has 0 aliphatic carbocycles. The van der Waals surface area contributed by atoms with Crippen molar-refractivity contribution in [1.29, 1.82) is 0 Å². The average Bonchev–Trinajstić information content (AvgIpc) is 2.87. The highest BCUT2D eigenvalue weighted by molar-refractivity contribution is 5.40. The lowest BCUT2D eigenvalue weighted by molar-refractivity contribution is -0.185. The molecule has 0 amide bonds. The van der Waals surface area contributed by atoms with Crippen molar-refractivity contribution < 1.29 is 9.47 Å². The number of rotatable bonds is 3. The van der Waals surface area contributed by atoms with Crippen molar-refractivity contribution in [2.45, 2.75) is 25.0 Å². The largest absolute Gasteiger partial charge is 0.399 e. The van der Waals surface area contributed by atoms with Crippen LogP contribution >= 0.6 is 0 Å². The number of piperidine rings is 1. The van der Waals surface area contributed by atoms with Gasteiger partial charge in [0, 0.05) is 38.2 Å². The number of nitrogens with two attached hydrogens (primary N) is 1. The standard InChI is InChI=1S/C15H22N2O2/c16-14-3-1-2-13(12-14)4-7-17-8-5-15(6-9-17)18-10-11-19-15/h1-3,12H,4-11,16H2. The van der Waals surface area contributed by atoms with Gasteiger partial charge in [-0.1, -0.05) is 12.1 Å². The van der Waals surface area contributed by atoms with Gasteiger partial charge in [-0.2, -0.15) is 0 Å². The van der Waals surface area contributed by atoms with E-state index in [1.165, 1.54) is 5.56 Å². The molecule has 0 atom stereocenters. The normalized spacial score (nSPS) is 22.9. The maximum atomic E-state index is 5.80. The predicted octanol–water partition coefficient (Wildman–Crippen LogP) is 1.65. The Morgan fingerprint density at radius 2 is 1.89 bits per heavy atom. The van der Waals surface area contributed by atoms with Gasteiger partial charge >= 0.3 is 0 Å². The minimum absolute atomic E-state index is 0.256. The third-order valence-electron chi connectivity index (χ3n) is 4.10. The summed E-state index contributed by atoms with van der Waals surface area (Å²) in [6.07, 6.45) is 3.04. The van der Waals surface area contributed by atoms with Crippen molar-refractivity contribution in [3.05, 3.63) is 29.8 Å². The molecule has 3 rings (SSSR count).